The molecular formula is C8H11BrN2O2. The van der Waals surface area contributed by atoms with Crippen LogP contribution in [0, 0.1) is 0 Å². The Morgan fingerprint density at radius 2 is 2.46 bits per heavy atom. The van der Waals surface area contributed by atoms with Crippen LogP contribution in [-0.2, 0) is 4.74 Å². The van der Waals surface area contributed by atoms with Gasteiger partial charge in [-0.1, -0.05) is 6.92 Å². The molecule has 1 saturated heterocycles. The summed E-state index contributed by atoms with van der Waals surface area (Å²) in [5.74, 6) is 0.972. The Morgan fingerprint density at radius 1 is 1.62 bits per heavy atom. The molecule has 4 nitrogen and oxygen atoms in total. The lowest BCUT2D eigenvalue weighted by Crippen LogP contribution is -2.13. The maximum atomic E-state index is 5.54. The number of ether oxygens (including phenoxy) is 1. The highest BCUT2D eigenvalue weighted by atomic mass is 79.9. The van der Waals surface area contributed by atoms with Gasteiger partial charge in [0.25, 0.3) is 0 Å². The summed E-state index contributed by atoms with van der Waals surface area (Å²) in [6, 6.07) is 0. The van der Waals surface area contributed by atoms with Gasteiger partial charge in [0.05, 0.1) is 12.0 Å². The third kappa shape index (κ3) is 1.76. The van der Waals surface area contributed by atoms with Gasteiger partial charge < -0.3 is 9.26 Å². The van der Waals surface area contributed by atoms with E-state index < -0.39 is 0 Å². The van der Waals surface area contributed by atoms with E-state index >= 15 is 0 Å². The molecule has 0 saturated carbocycles. The van der Waals surface area contributed by atoms with E-state index in [4.69, 9.17) is 9.26 Å². The van der Waals surface area contributed by atoms with Crippen molar-refractivity contribution in [2.75, 3.05) is 6.61 Å². The van der Waals surface area contributed by atoms with Crippen molar-refractivity contribution >= 4 is 15.9 Å². The Morgan fingerprint density at radius 3 is 3.08 bits per heavy atom. The van der Waals surface area contributed by atoms with Gasteiger partial charge in [0, 0.05) is 6.61 Å². The van der Waals surface area contributed by atoms with Crippen molar-refractivity contribution in [3.63, 3.8) is 0 Å². The first-order valence-corrected chi connectivity index (χ1v) is 5.21. The lowest BCUT2D eigenvalue weighted by atomic mass is 10.00. The van der Waals surface area contributed by atoms with E-state index in [1.807, 2.05) is 0 Å². The fourth-order valence-corrected chi connectivity index (χ4v) is 1.95. The molecular weight excluding hydrogens is 236 g/mol. The highest BCUT2D eigenvalue weighted by Crippen LogP contribution is 2.32. The van der Waals surface area contributed by atoms with Crippen molar-refractivity contribution in [3.8, 4) is 0 Å². The second-order valence-electron chi connectivity index (χ2n) is 3.11. The van der Waals surface area contributed by atoms with Crippen LogP contribution in [0.5, 0.6) is 0 Å². The first kappa shape index (κ1) is 9.15. The van der Waals surface area contributed by atoms with E-state index in [0.717, 1.165) is 19.4 Å². The predicted octanol–water partition coefficient (Wildman–Crippen LogP) is 2.11. The van der Waals surface area contributed by atoms with Crippen molar-refractivity contribution < 1.29 is 9.26 Å². The molecule has 5 heteroatoms. The summed E-state index contributed by atoms with van der Waals surface area (Å²) in [4.78, 5) is 4.15. The Balaban J connectivity index is 2.15. The second kappa shape index (κ2) is 3.75. The molecule has 2 heterocycles. The molecule has 72 valence electrons. The molecule has 13 heavy (non-hydrogen) atoms. The zero-order valence-corrected chi connectivity index (χ0v) is 8.95. The molecule has 2 atom stereocenters. The fraction of sp³-hybridized carbons (Fsp3) is 0.750. The number of hydrogen-bond donors (Lipinski definition) is 0. The van der Waals surface area contributed by atoms with Gasteiger partial charge in [-0.25, -0.2) is 0 Å². The number of aromatic nitrogens is 2. The molecule has 1 aliphatic rings. The van der Waals surface area contributed by atoms with E-state index in [9.17, 15) is 0 Å². The molecule has 0 aromatic carbocycles. The molecule has 0 N–H and O–H groups in total. The van der Waals surface area contributed by atoms with Crippen LogP contribution in [0.3, 0.4) is 0 Å². The molecule has 2 rings (SSSR count). The Hall–Kier alpha value is -0.420. The molecule has 2 unspecified atom stereocenters. The van der Waals surface area contributed by atoms with Crippen LogP contribution in [0.15, 0.2) is 9.26 Å². The van der Waals surface area contributed by atoms with Crippen LogP contribution < -0.4 is 0 Å². The quantitative estimate of drug-likeness (QED) is 0.803. The molecule has 1 fully saturated rings. The van der Waals surface area contributed by atoms with Gasteiger partial charge in [-0.05, 0) is 33.9 Å². The molecule has 0 aliphatic carbocycles. The fourth-order valence-electron chi connectivity index (χ4n) is 1.70. The average molecular weight is 247 g/mol. The maximum absolute atomic E-state index is 5.54. The van der Waals surface area contributed by atoms with E-state index in [1.54, 1.807) is 0 Å². The average Bonchev–Trinajstić information content (AvgIpc) is 2.71. The van der Waals surface area contributed by atoms with Gasteiger partial charge >= 0.3 is 0 Å². The van der Waals surface area contributed by atoms with Crippen molar-refractivity contribution in [3.05, 3.63) is 10.6 Å². The topological polar surface area (TPSA) is 48.2 Å². The third-order valence-corrected chi connectivity index (χ3v) is 2.67. The molecule has 1 aromatic rings. The van der Waals surface area contributed by atoms with E-state index in [-0.39, 0.29) is 12.0 Å². The summed E-state index contributed by atoms with van der Waals surface area (Å²) in [6.45, 7) is 2.90. The summed E-state index contributed by atoms with van der Waals surface area (Å²) in [6.07, 6.45) is 2.21. The number of nitrogens with zero attached hydrogens (tertiary/aromatic N) is 2. The van der Waals surface area contributed by atoms with E-state index in [1.165, 1.54) is 0 Å². The lowest BCUT2D eigenvalue weighted by Gasteiger charge is -2.11. The van der Waals surface area contributed by atoms with Crippen molar-refractivity contribution in [1.82, 2.24) is 10.1 Å². The van der Waals surface area contributed by atoms with Gasteiger partial charge in [-0.15, -0.1) is 0 Å². The summed E-state index contributed by atoms with van der Waals surface area (Å²) in [5, 5.41) is 3.70. The molecule has 0 radical (unpaired) electrons. The summed E-state index contributed by atoms with van der Waals surface area (Å²) in [5.41, 5.74) is 0. The summed E-state index contributed by atoms with van der Waals surface area (Å²) in [7, 11) is 0. The molecule has 0 amide bonds. The summed E-state index contributed by atoms with van der Waals surface area (Å²) < 4.78 is 11.1. The van der Waals surface area contributed by atoms with Gasteiger partial charge in [0.15, 0.2) is 0 Å². The van der Waals surface area contributed by atoms with Crippen LogP contribution in [-0.4, -0.2) is 22.9 Å². The van der Waals surface area contributed by atoms with Crippen LogP contribution in [0.2, 0.25) is 0 Å². The first-order valence-electron chi connectivity index (χ1n) is 4.42. The number of hydrogen-bond acceptors (Lipinski definition) is 4. The smallest absolute Gasteiger partial charge is 0.238 e. The predicted molar refractivity (Wildman–Crippen MR) is 49.4 cm³/mol. The van der Waals surface area contributed by atoms with E-state index in [0.29, 0.717) is 10.6 Å². The minimum Gasteiger partial charge on any atom is -0.377 e. The minimum absolute atomic E-state index is 0.243. The summed E-state index contributed by atoms with van der Waals surface area (Å²) >= 11 is 3.16. The molecule has 1 aromatic heterocycles. The third-order valence-electron chi connectivity index (χ3n) is 2.35. The number of halogens is 1. The first-order chi connectivity index (χ1) is 6.31. The van der Waals surface area contributed by atoms with Crippen LogP contribution in [0.25, 0.3) is 0 Å². The van der Waals surface area contributed by atoms with Crippen LogP contribution in [0.4, 0.5) is 0 Å². The van der Waals surface area contributed by atoms with Gasteiger partial charge in [-0.3, -0.25) is 0 Å². The van der Waals surface area contributed by atoms with Crippen molar-refractivity contribution in [1.29, 1.82) is 0 Å². The minimum atomic E-state index is 0.243. The standard InChI is InChI=1S/C8H11BrN2O2/c1-2-6-5(3-4-12-6)7-10-8(9)11-13-7/h5-6H,2-4H2,1H3. The Bertz CT molecular complexity index is 289. The Labute approximate surface area is 84.8 Å². The second-order valence-corrected chi connectivity index (χ2v) is 3.82. The zero-order chi connectivity index (χ0) is 9.26. The zero-order valence-electron chi connectivity index (χ0n) is 7.36. The normalized spacial score (nSPS) is 28.2. The monoisotopic (exact) mass is 246 g/mol. The lowest BCUT2D eigenvalue weighted by molar-refractivity contribution is 0.0953. The van der Waals surface area contributed by atoms with Crippen LogP contribution >= 0.6 is 15.9 Å². The molecule has 0 bridgehead atoms. The Kier molecular flexibility index (Phi) is 2.64. The maximum Gasteiger partial charge on any atom is 0.238 e. The number of rotatable bonds is 2. The van der Waals surface area contributed by atoms with Gasteiger partial charge in [-0.2, -0.15) is 4.98 Å². The highest BCUT2D eigenvalue weighted by Gasteiger charge is 2.32. The van der Waals surface area contributed by atoms with Crippen molar-refractivity contribution in [2.24, 2.45) is 0 Å². The molecule has 1 aliphatic heterocycles. The van der Waals surface area contributed by atoms with Gasteiger partial charge in [0.2, 0.25) is 10.6 Å². The SMILES string of the molecule is CCC1OCCC1c1nc(Br)no1. The largest absolute Gasteiger partial charge is 0.377 e. The molecule has 0 spiro atoms. The van der Waals surface area contributed by atoms with E-state index in [2.05, 4.69) is 33.0 Å². The van der Waals surface area contributed by atoms with Crippen LogP contribution in [0.1, 0.15) is 31.6 Å². The van der Waals surface area contributed by atoms with Gasteiger partial charge in [0.1, 0.15) is 0 Å². The highest BCUT2D eigenvalue weighted by molar-refractivity contribution is 9.10. The van der Waals surface area contributed by atoms with Crippen molar-refractivity contribution in [2.45, 2.75) is 31.8 Å².